The lowest BCUT2D eigenvalue weighted by Gasteiger charge is -2.26. The second-order valence-electron chi connectivity index (χ2n) is 9.32. The highest BCUT2D eigenvalue weighted by molar-refractivity contribution is 7.89. The number of sulfonamides is 1. The lowest BCUT2D eigenvalue weighted by Crippen LogP contribution is -2.35. The van der Waals surface area contributed by atoms with Crippen LogP contribution in [0.25, 0.3) is 0 Å². The minimum absolute atomic E-state index is 0.0388. The lowest BCUT2D eigenvalue weighted by atomic mass is 10.1. The van der Waals surface area contributed by atoms with Crippen molar-refractivity contribution in [3.8, 4) is 0 Å². The van der Waals surface area contributed by atoms with Crippen LogP contribution in [0.4, 0.5) is 5.69 Å². The van der Waals surface area contributed by atoms with E-state index in [0.717, 1.165) is 43.6 Å². The monoisotopic (exact) mass is 469 g/mol. The van der Waals surface area contributed by atoms with Crippen molar-refractivity contribution in [3.05, 3.63) is 59.2 Å². The van der Waals surface area contributed by atoms with Crippen molar-refractivity contribution in [2.24, 2.45) is 0 Å². The molecule has 0 aliphatic carbocycles. The van der Waals surface area contributed by atoms with Gasteiger partial charge in [0.2, 0.25) is 10.0 Å². The Morgan fingerprint density at radius 3 is 2.33 bits per heavy atom. The number of hydrogen-bond acceptors (Lipinski definition) is 4. The molecule has 0 atom stereocenters. The fraction of sp³-hybridized carbons (Fsp3) is 0.500. The highest BCUT2D eigenvalue weighted by Gasteiger charge is 2.30. The molecule has 0 aromatic heterocycles. The van der Waals surface area contributed by atoms with Gasteiger partial charge in [0.15, 0.2) is 0 Å². The lowest BCUT2D eigenvalue weighted by molar-refractivity contribution is 0.0989. The van der Waals surface area contributed by atoms with E-state index in [4.69, 9.17) is 0 Å². The number of nitrogens with zero attached hydrogens (tertiary/aromatic N) is 3. The summed E-state index contributed by atoms with van der Waals surface area (Å²) in [4.78, 5) is 17.7. The van der Waals surface area contributed by atoms with Crippen LogP contribution < -0.4 is 4.90 Å². The van der Waals surface area contributed by atoms with E-state index in [1.165, 1.54) is 5.56 Å². The summed E-state index contributed by atoms with van der Waals surface area (Å²) in [6, 6.07) is 13.6. The first-order valence-corrected chi connectivity index (χ1v) is 13.5. The Balaban J connectivity index is 1.49. The minimum atomic E-state index is -3.47. The van der Waals surface area contributed by atoms with Crippen LogP contribution in [0.3, 0.4) is 0 Å². The maximum absolute atomic E-state index is 13.2. The van der Waals surface area contributed by atoms with E-state index in [1.54, 1.807) is 27.4 Å². The van der Waals surface area contributed by atoms with Gasteiger partial charge in [-0.3, -0.25) is 9.69 Å². The van der Waals surface area contributed by atoms with Gasteiger partial charge in [0.05, 0.1) is 4.90 Å². The van der Waals surface area contributed by atoms with Gasteiger partial charge in [0, 0.05) is 43.5 Å². The third-order valence-electron chi connectivity index (χ3n) is 6.87. The van der Waals surface area contributed by atoms with Crippen molar-refractivity contribution < 1.29 is 13.2 Å². The number of fused-ring (bicyclic) bond motifs is 1. The highest BCUT2D eigenvalue weighted by atomic mass is 32.2. The second-order valence-corrected chi connectivity index (χ2v) is 11.3. The van der Waals surface area contributed by atoms with Crippen LogP contribution in [0.1, 0.15) is 61.5 Å². The first-order chi connectivity index (χ1) is 15.8. The number of amides is 1. The fourth-order valence-corrected chi connectivity index (χ4v) is 6.37. The molecule has 7 heteroatoms. The van der Waals surface area contributed by atoms with Crippen molar-refractivity contribution in [2.75, 3.05) is 31.1 Å². The molecule has 0 spiro atoms. The minimum Gasteiger partial charge on any atom is -0.308 e. The van der Waals surface area contributed by atoms with Crippen molar-refractivity contribution >= 4 is 21.6 Å². The highest BCUT2D eigenvalue weighted by Crippen LogP contribution is 2.32. The number of benzene rings is 2. The smallest absolute Gasteiger partial charge is 0.258 e. The quantitative estimate of drug-likeness (QED) is 0.607. The summed E-state index contributed by atoms with van der Waals surface area (Å²) in [6.07, 6.45) is 3.59. The van der Waals surface area contributed by atoms with E-state index in [1.807, 2.05) is 24.3 Å². The van der Waals surface area contributed by atoms with Crippen LogP contribution in [-0.2, 0) is 23.0 Å². The third kappa shape index (κ3) is 5.00. The molecule has 0 radical (unpaired) electrons. The number of rotatable bonds is 7. The molecule has 2 heterocycles. The molecule has 6 nitrogen and oxygen atoms in total. The summed E-state index contributed by atoms with van der Waals surface area (Å²) in [5.41, 5.74) is 3.59. The van der Waals surface area contributed by atoms with Gasteiger partial charge in [0.25, 0.3) is 5.91 Å². The van der Waals surface area contributed by atoms with Crippen molar-refractivity contribution in [2.45, 2.75) is 63.9 Å². The van der Waals surface area contributed by atoms with E-state index >= 15 is 0 Å². The molecule has 4 rings (SSSR count). The summed E-state index contributed by atoms with van der Waals surface area (Å²) in [5, 5.41) is 0. The Kier molecular flexibility index (Phi) is 7.22. The number of piperidine rings is 1. The van der Waals surface area contributed by atoms with Gasteiger partial charge in [-0.25, -0.2) is 8.42 Å². The molecular formula is C26H35N3O3S. The first kappa shape index (κ1) is 23.9. The predicted octanol–water partition coefficient (Wildman–Crippen LogP) is 4.29. The van der Waals surface area contributed by atoms with Crippen LogP contribution in [0.5, 0.6) is 0 Å². The van der Waals surface area contributed by atoms with Crippen molar-refractivity contribution in [3.63, 3.8) is 0 Å². The van der Waals surface area contributed by atoms with E-state index in [2.05, 4.69) is 25.7 Å². The predicted molar refractivity (Wildman–Crippen MR) is 132 cm³/mol. The van der Waals surface area contributed by atoms with E-state index in [-0.39, 0.29) is 5.91 Å². The Labute approximate surface area is 198 Å². The molecule has 0 N–H and O–H groups in total. The maximum Gasteiger partial charge on any atom is 0.258 e. The van der Waals surface area contributed by atoms with Crippen LogP contribution in [-0.4, -0.2) is 55.8 Å². The molecule has 2 aromatic rings. The summed E-state index contributed by atoms with van der Waals surface area (Å²) in [7, 11) is -3.47. The summed E-state index contributed by atoms with van der Waals surface area (Å²) in [6.45, 7) is 10.1. The molecule has 0 saturated carbocycles. The topological polar surface area (TPSA) is 60.9 Å². The largest absolute Gasteiger partial charge is 0.308 e. The molecule has 2 aromatic carbocycles. The molecule has 33 heavy (non-hydrogen) atoms. The zero-order valence-corrected chi connectivity index (χ0v) is 20.8. The molecule has 0 unspecified atom stereocenters. The first-order valence-electron chi connectivity index (χ1n) is 12.1. The fourth-order valence-electron chi connectivity index (χ4n) is 4.81. The second kappa shape index (κ2) is 9.95. The van der Waals surface area contributed by atoms with Gasteiger partial charge in [-0.15, -0.1) is 0 Å². The van der Waals surface area contributed by atoms with Crippen LogP contribution in [0.2, 0.25) is 0 Å². The SMILES string of the molecule is CCN(Cc1ccc(C(=O)N2CCc3cc(S(=O)(=O)N4CCCCC4)ccc32)cc1)C(C)C. The molecule has 178 valence electrons. The number of carbonyl (C=O) groups excluding carboxylic acids is 1. The Morgan fingerprint density at radius 2 is 1.70 bits per heavy atom. The standard InChI is InChI=1S/C26H35N3O3S/c1-4-27(20(2)3)19-21-8-10-22(11-9-21)26(30)29-17-14-23-18-24(12-13-25(23)29)33(31,32)28-15-6-5-7-16-28/h8-13,18,20H,4-7,14-17,19H2,1-3H3. The molecule has 2 aliphatic heterocycles. The van der Waals surface area contributed by atoms with Crippen molar-refractivity contribution in [1.82, 2.24) is 9.21 Å². The molecule has 2 aliphatic rings. The Morgan fingerprint density at radius 1 is 1.00 bits per heavy atom. The normalized spacial score (nSPS) is 17.1. The molecule has 1 saturated heterocycles. The van der Waals surface area contributed by atoms with Crippen LogP contribution in [0, 0.1) is 0 Å². The average Bonchev–Trinajstić information content (AvgIpc) is 3.26. The summed E-state index contributed by atoms with van der Waals surface area (Å²) >= 11 is 0. The maximum atomic E-state index is 13.2. The third-order valence-corrected chi connectivity index (χ3v) is 8.76. The van der Waals surface area contributed by atoms with E-state index < -0.39 is 10.0 Å². The van der Waals surface area contributed by atoms with Gasteiger partial charge < -0.3 is 4.90 Å². The van der Waals surface area contributed by atoms with E-state index in [0.29, 0.717) is 42.6 Å². The van der Waals surface area contributed by atoms with Crippen LogP contribution in [0.15, 0.2) is 47.4 Å². The van der Waals surface area contributed by atoms with Gasteiger partial charge in [-0.05, 0) is 81.1 Å². The zero-order chi connectivity index (χ0) is 23.6. The van der Waals surface area contributed by atoms with Gasteiger partial charge in [-0.2, -0.15) is 4.31 Å². The molecule has 0 bridgehead atoms. The van der Waals surface area contributed by atoms with E-state index in [9.17, 15) is 13.2 Å². The zero-order valence-electron chi connectivity index (χ0n) is 20.0. The average molecular weight is 470 g/mol. The summed E-state index contributed by atoms with van der Waals surface area (Å²) < 4.78 is 27.7. The molecule has 1 amide bonds. The number of carbonyl (C=O) groups is 1. The van der Waals surface area contributed by atoms with Gasteiger partial charge in [0.1, 0.15) is 0 Å². The van der Waals surface area contributed by atoms with Crippen molar-refractivity contribution in [1.29, 1.82) is 0 Å². The molecular weight excluding hydrogens is 434 g/mol. The van der Waals surface area contributed by atoms with Gasteiger partial charge in [-0.1, -0.05) is 25.5 Å². The number of hydrogen-bond donors (Lipinski definition) is 0. The number of anilines is 1. The summed E-state index contributed by atoms with van der Waals surface area (Å²) in [5.74, 6) is -0.0388. The Bertz CT molecular complexity index is 1090. The van der Waals surface area contributed by atoms with Crippen LogP contribution >= 0.6 is 0 Å². The van der Waals surface area contributed by atoms with Gasteiger partial charge >= 0.3 is 0 Å². The molecule has 1 fully saturated rings. The Hall–Kier alpha value is -2.22.